The summed E-state index contributed by atoms with van der Waals surface area (Å²) in [5.74, 6) is 0. The number of benzene rings is 1. The maximum absolute atomic E-state index is 6.06. The van der Waals surface area contributed by atoms with Crippen LogP contribution in [0.3, 0.4) is 0 Å². The predicted molar refractivity (Wildman–Crippen MR) is 81.1 cm³/mol. The minimum absolute atomic E-state index is 0.291. The SMILES string of the molecule is CCC1(CC)CC(CN)(Sc2cccc(C)c2)C1. The van der Waals surface area contributed by atoms with E-state index in [1.54, 1.807) is 0 Å². The highest BCUT2D eigenvalue weighted by molar-refractivity contribution is 8.00. The molecule has 1 saturated carbocycles. The Morgan fingerprint density at radius 1 is 1.22 bits per heavy atom. The van der Waals surface area contributed by atoms with Crippen molar-refractivity contribution in [3.63, 3.8) is 0 Å². The molecule has 0 aliphatic heterocycles. The van der Waals surface area contributed by atoms with Crippen LogP contribution in [-0.2, 0) is 0 Å². The molecule has 1 aromatic carbocycles. The molecule has 18 heavy (non-hydrogen) atoms. The van der Waals surface area contributed by atoms with Crippen molar-refractivity contribution in [2.24, 2.45) is 11.1 Å². The summed E-state index contributed by atoms with van der Waals surface area (Å²) in [4.78, 5) is 1.38. The Bertz CT molecular complexity index is 401. The van der Waals surface area contributed by atoms with Crippen molar-refractivity contribution in [3.05, 3.63) is 29.8 Å². The Morgan fingerprint density at radius 2 is 1.89 bits per heavy atom. The molecule has 0 bridgehead atoms. The van der Waals surface area contributed by atoms with Gasteiger partial charge in [0.05, 0.1) is 0 Å². The first-order chi connectivity index (χ1) is 8.57. The Morgan fingerprint density at radius 3 is 2.39 bits per heavy atom. The van der Waals surface area contributed by atoms with Crippen LogP contribution in [0.2, 0.25) is 0 Å². The van der Waals surface area contributed by atoms with E-state index >= 15 is 0 Å². The van der Waals surface area contributed by atoms with Gasteiger partial charge in [-0.3, -0.25) is 0 Å². The van der Waals surface area contributed by atoms with Gasteiger partial charge in [-0.05, 0) is 37.3 Å². The van der Waals surface area contributed by atoms with Crippen LogP contribution in [-0.4, -0.2) is 11.3 Å². The maximum atomic E-state index is 6.06. The van der Waals surface area contributed by atoms with E-state index in [1.807, 2.05) is 11.8 Å². The minimum Gasteiger partial charge on any atom is -0.329 e. The normalized spacial score (nSPS) is 20.4. The minimum atomic E-state index is 0.291. The molecule has 0 heterocycles. The molecule has 0 unspecified atom stereocenters. The van der Waals surface area contributed by atoms with Crippen LogP contribution in [0.5, 0.6) is 0 Å². The van der Waals surface area contributed by atoms with E-state index in [0.29, 0.717) is 10.2 Å². The van der Waals surface area contributed by atoms with Crippen LogP contribution in [0.4, 0.5) is 0 Å². The van der Waals surface area contributed by atoms with E-state index in [1.165, 1.54) is 36.1 Å². The first-order valence-corrected chi connectivity index (χ1v) is 7.84. The summed E-state index contributed by atoms with van der Waals surface area (Å²) < 4.78 is 0.291. The Balaban J connectivity index is 2.08. The molecule has 1 nitrogen and oxygen atoms in total. The predicted octanol–water partition coefficient (Wildman–Crippen LogP) is 4.38. The molecule has 2 heteroatoms. The highest BCUT2D eigenvalue weighted by atomic mass is 32.2. The largest absolute Gasteiger partial charge is 0.329 e. The summed E-state index contributed by atoms with van der Waals surface area (Å²) >= 11 is 2.00. The number of rotatable bonds is 5. The van der Waals surface area contributed by atoms with E-state index in [2.05, 4.69) is 45.0 Å². The Kier molecular flexibility index (Phi) is 4.08. The number of hydrogen-bond donors (Lipinski definition) is 1. The second-order valence-corrected chi connectivity index (χ2v) is 7.41. The number of hydrogen-bond acceptors (Lipinski definition) is 2. The maximum Gasteiger partial charge on any atom is 0.0339 e. The van der Waals surface area contributed by atoms with Gasteiger partial charge in [0.15, 0.2) is 0 Å². The van der Waals surface area contributed by atoms with E-state index in [-0.39, 0.29) is 0 Å². The van der Waals surface area contributed by atoms with Crippen molar-refractivity contribution in [3.8, 4) is 0 Å². The zero-order chi connectivity index (χ0) is 13.2. The molecule has 1 aromatic rings. The third kappa shape index (κ3) is 2.60. The van der Waals surface area contributed by atoms with Crippen LogP contribution < -0.4 is 5.73 Å². The molecule has 0 atom stereocenters. The van der Waals surface area contributed by atoms with Gasteiger partial charge in [0.2, 0.25) is 0 Å². The molecule has 0 aromatic heterocycles. The van der Waals surface area contributed by atoms with Crippen LogP contribution in [0, 0.1) is 12.3 Å². The fourth-order valence-corrected chi connectivity index (χ4v) is 4.98. The van der Waals surface area contributed by atoms with Gasteiger partial charge in [-0.1, -0.05) is 44.4 Å². The van der Waals surface area contributed by atoms with E-state index < -0.39 is 0 Å². The van der Waals surface area contributed by atoms with Crippen molar-refractivity contribution in [1.29, 1.82) is 0 Å². The van der Waals surface area contributed by atoms with Gasteiger partial charge < -0.3 is 5.73 Å². The van der Waals surface area contributed by atoms with Crippen molar-refractivity contribution in [2.75, 3.05) is 6.54 Å². The smallest absolute Gasteiger partial charge is 0.0339 e. The summed E-state index contributed by atoms with van der Waals surface area (Å²) in [6.07, 6.45) is 5.14. The van der Waals surface area contributed by atoms with Crippen LogP contribution in [0.1, 0.15) is 45.1 Å². The zero-order valence-electron chi connectivity index (χ0n) is 11.8. The van der Waals surface area contributed by atoms with Crippen molar-refractivity contribution in [1.82, 2.24) is 0 Å². The zero-order valence-corrected chi connectivity index (χ0v) is 12.6. The second kappa shape index (κ2) is 5.26. The van der Waals surface area contributed by atoms with Gasteiger partial charge in [0.1, 0.15) is 0 Å². The third-order valence-electron chi connectivity index (χ3n) is 4.59. The molecule has 1 aliphatic carbocycles. The molecule has 0 saturated heterocycles. The van der Waals surface area contributed by atoms with Gasteiger partial charge in [0, 0.05) is 16.2 Å². The van der Waals surface area contributed by atoms with Crippen molar-refractivity contribution < 1.29 is 0 Å². The second-order valence-electron chi connectivity index (χ2n) is 5.87. The summed E-state index contributed by atoms with van der Waals surface area (Å²) in [7, 11) is 0. The topological polar surface area (TPSA) is 26.0 Å². The summed E-state index contributed by atoms with van der Waals surface area (Å²) in [5.41, 5.74) is 7.97. The van der Waals surface area contributed by atoms with Crippen molar-refractivity contribution in [2.45, 2.75) is 56.1 Å². The number of thioether (sulfide) groups is 1. The van der Waals surface area contributed by atoms with Gasteiger partial charge >= 0.3 is 0 Å². The molecule has 1 aliphatic rings. The van der Waals surface area contributed by atoms with Crippen LogP contribution >= 0.6 is 11.8 Å². The van der Waals surface area contributed by atoms with Crippen LogP contribution in [0.25, 0.3) is 0 Å². The average Bonchev–Trinajstić information content (AvgIpc) is 2.33. The number of nitrogens with two attached hydrogens (primary N) is 1. The average molecular weight is 263 g/mol. The van der Waals surface area contributed by atoms with E-state index in [0.717, 1.165) is 6.54 Å². The lowest BCUT2D eigenvalue weighted by atomic mass is 9.58. The highest BCUT2D eigenvalue weighted by Gasteiger charge is 2.52. The van der Waals surface area contributed by atoms with Gasteiger partial charge in [-0.25, -0.2) is 0 Å². The van der Waals surface area contributed by atoms with Gasteiger partial charge in [-0.2, -0.15) is 0 Å². The molecular weight excluding hydrogens is 238 g/mol. The monoisotopic (exact) mass is 263 g/mol. The first kappa shape index (κ1) is 14.0. The molecule has 0 spiro atoms. The highest BCUT2D eigenvalue weighted by Crippen LogP contribution is 2.60. The molecule has 0 radical (unpaired) electrons. The van der Waals surface area contributed by atoms with E-state index in [9.17, 15) is 0 Å². The third-order valence-corrected chi connectivity index (χ3v) is 5.97. The Hall–Kier alpha value is -0.470. The quantitative estimate of drug-likeness (QED) is 0.853. The lowest BCUT2D eigenvalue weighted by Gasteiger charge is -2.55. The molecule has 2 N–H and O–H groups in total. The lowest BCUT2D eigenvalue weighted by Crippen LogP contribution is -2.53. The van der Waals surface area contributed by atoms with Gasteiger partial charge in [0.25, 0.3) is 0 Å². The molecule has 1 fully saturated rings. The summed E-state index contributed by atoms with van der Waals surface area (Å²) in [5, 5.41) is 0. The standard InChI is InChI=1S/C16H25NS/c1-4-15(5-2)10-16(11-15,12-17)18-14-8-6-7-13(3)9-14/h6-9H,4-5,10-12,17H2,1-3H3. The van der Waals surface area contributed by atoms with Crippen molar-refractivity contribution >= 4 is 11.8 Å². The van der Waals surface area contributed by atoms with Crippen LogP contribution in [0.15, 0.2) is 29.2 Å². The molecular formula is C16H25NS. The fraction of sp³-hybridized carbons (Fsp3) is 0.625. The first-order valence-electron chi connectivity index (χ1n) is 7.03. The fourth-order valence-electron chi connectivity index (χ4n) is 3.25. The molecule has 0 amide bonds. The molecule has 100 valence electrons. The molecule has 2 rings (SSSR count). The summed E-state index contributed by atoms with van der Waals surface area (Å²) in [6.45, 7) is 7.60. The summed E-state index contributed by atoms with van der Waals surface area (Å²) in [6, 6.07) is 8.79. The number of aryl methyl sites for hydroxylation is 1. The Labute approximate surface area is 116 Å². The van der Waals surface area contributed by atoms with Gasteiger partial charge in [-0.15, -0.1) is 11.8 Å². The van der Waals surface area contributed by atoms with E-state index in [4.69, 9.17) is 5.73 Å². The lowest BCUT2D eigenvalue weighted by molar-refractivity contribution is 0.0750.